The number of nitrogens with zero attached hydrogens (tertiary/aromatic N) is 5. The van der Waals surface area contributed by atoms with E-state index in [1.165, 1.54) is 0 Å². The highest BCUT2D eigenvalue weighted by molar-refractivity contribution is 6.19. The molecule has 0 saturated carbocycles. The van der Waals surface area contributed by atoms with Gasteiger partial charge in [0, 0.05) is 52.1 Å². The Morgan fingerprint density at radius 1 is 0.794 bits per heavy atom. The summed E-state index contributed by atoms with van der Waals surface area (Å²) in [5.41, 5.74) is 6.52. The lowest BCUT2D eigenvalue weighted by Crippen LogP contribution is -2.21. The van der Waals surface area contributed by atoms with Crippen LogP contribution in [0.1, 0.15) is 16.7 Å². The number of anilines is 2. The van der Waals surface area contributed by atoms with Gasteiger partial charge in [0.15, 0.2) is 0 Å². The summed E-state index contributed by atoms with van der Waals surface area (Å²) < 4.78 is 1.71. The minimum atomic E-state index is -0.390. The lowest BCUT2D eigenvalue weighted by molar-refractivity contribution is -0.477. The van der Waals surface area contributed by atoms with Gasteiger partial charge in [-0.1, -0.05) is 12.1 Å². The van der Waals surface area contributed by atoms with Crippen LogP contribution in [0.15, 0.2) is 59.8 Å². The Kier molecular flexibility index (Phi) is 5.56. The Bertz CT molecular complexity index is 1360. The van der Waals surface area contributed by atoms with E-state index in [1.54, 1.807) is 62.0 Å². The van der Waals surface area contributed by atoms with Gasteiger partial charge in [-0.05, 0) is 51.6 Å². The molecular formula is C25H26N5O4+. The fourth-order valence-electron chi connectivity index (χ4n) is 4.40. The maximum atomic E-state index is 11.9. The van der Waals surface area contributed by atoms with Crippen LogP contribution < -0.4 is 9.80 Å². The van der Waals surface area contributed by atoms with Crippen molar-refractivity contribution in [2.24, 2.45) is 0 Å². The molecule has 0 amide bonds. The summed E-state index contributed by atoms with van der Waals surface area (Å²) in [4.78, 5) is 26.7. The fraction of sp³-hybridized carbons (Fsp3) is 0.240. The van der Waals surface area contributed by atoms with Gasteiger partial charge in [0.1, 0.15) is 19.8 Å². The van der Waals surface area contributed by atoms with Gasteiger partial charge in [-0.3, -0.25) is 20.2 Å². The van der Waals surface area contributed by atoms with Gasteiger partial charge in [-0.15, -0.1) is 0 Å². The third kappa shape index (κ3) is 3.64. The minimum absolute atomic E-state index is 0.0127. The number of benzene rings is 2. The molecule has 0 aliphatic heterocycles. The highest BCUT2D eigenvalue weighted by Gasteiger charge is 2.38. The molecule has 0 N–H and O–H groups in total. The zero-order chi connectivity index (χ0) is 24.9. The molecule has 9 nitrogen and oxygen atoms in total. The summed E-state index contributed by atoms with van der Waals surface area (Å²) in [7, 11) is 10.9. The summed E-state index contributed by atoms with van der Waals surface area (Å²) in [5, 5.41) is 23.8. The first-order valence-corrected chi connectivity index (χ1v) is 10.7. The number of hydrogen-bond donors (Lipinski definition) is 0. The van der Waals surface area contributed by atoms with E-state index in [0.29, 0.717) is 22.5 Å². The zero-order valence-electron chi connectivity index (χ0n) is 20.0. The van der Waals surface area contributed by atoms with Crippen molar-refractivity contribution < 1.29 is 14.4 Å². The molecule has 2 aliphatic rings. The molecule has 174 valence electrons. The second kappa shape index (κ2) is 8.26. The van der Waals surface area contributed by atoms with E-state index >= 15 is 0 Å². The molecule has 4 rings (SSSR count). The number of fused-ring (bicyclic) bond motifs is 3. The minimum Gasteiger partial charge on any atom is -0.378 e. The highest BCUT2D eigenvalue weighted by atomic mass is 16.6. The molecule has 9 heteroatoms. The Labute approximate surface area is 197 Å². The molecule has 0 bridgehead atoms. The molecule has 34 heavy (non-hydrogen) atoms. The fourth-order valence-corrected chi connectivity index (χ4v) is 4.40. The van der Waals surface area contributed by atoms with Crippen LogP contribution in [0.3, 0.4) is 0 Å². The molecule has 2 aliphatic carbocycles. The van der Waals surface area contributed by atoms with Crippen LogP contribution in [0.2, 0.25) is 0 Å². The summed E-state index contributed by atoms with van der Waals surface area (Å²) in [6.07, 6.45) is 3.39. The number of nitro groups is 2. The molecule has 0 radical (unpaired) electrons. The summed E-state index contributed by atoms with van der Waals surface area (Å²) in [5.74, 6) is 0. The average Bonchev–Trinajstić information content (AvgIpc) is 3.09. The number of nitro benzene ring substituents is 1. The molecule has 0 aromatic heterocycles. The van der Waals surface area contributed by atoms with E-state index in [4.69, 9.17) is 0 Å². The largest absolute Gasteiger partial charge is 0.378 e. The van der Waals surface area contributed by atoms with Gasteiger partial charge < -0.3 is 9.80 Å². The van der Waals surface area contributed by atoms with Crippen LogP contribution in [0, 0.1) is 20.2 Å². The first kappa shape index (κ1) is 22.9. The zero-order valence-corrected chi connectivity index (χ0v) is 20.0. The first-order chi connectivity index (χ1) is 16.0. The van der Waals surface area contributed by atoms with E-state index in [0.717, 1.165) is 28.0 Å². The van der Waals surface area contributed by atoms with Gasteiger partial charge >= 0.3 is 5.70 Å². The topological polar surface area (TPSA) is 95.8 Å². The SMILES string of the molecule is CN(C)c1ccc(C2=C3C=C([N+](=O)[O-])C(=[N+](C)C)C=C3c3cc(N(C)C)c([N+](=O)[O-])cc32)cc1. The first-order valence-electron chi connectivity index (χ1n) is 10.7. The summed E-state index contributed by atoms with van der Waals surface area (Å²) >= 11 is 0. The number of rotatable bonds is 5. The third-order valence-corrected chi connectivity index (χ3v) is 6.09. The second-order valence-corrected chi connectivity index (χ2v) is 8.89. The maximum absolute atomic E-state index is 11.9. The summed E-state index contributed by atoms with van der Waals surface area (Å²) in [6.45, 7) is 0. The Morgan fingerprint density at radius 3 is 1.94 bits per heavy atom. The van der Waals surface area contributed by atoms with Crippen LogP contribution >= 0.6 is 0 Å². The van der Waals surface area contributed by atoms with Crippen molar-refractivity contribution in [2.45, 2.75) is 0 Å². The Balaban J connectivity index is 2.09. The number of allylic oxidation sites excluding steroid dienone is 4. The lowest BCUT2D eigenvalue weighted by Gasteiger charge is -2.16. The van der Waals surface area contributed by atoms with Crippen LogP contribution in [-0.2, 0) is 0 Å². The van der Waals surface area contributed by atoms with Crippen LogP contribution in [0.5, 0.6) is 0 Å². The molecule has 2 aromatic rings. The molecule has 0 unspecified atom stereocenters. The quantitative estimate of drug-likeness (QED) is 0.382. The molecule has 0 spiro atoms. The molecular weight excluding hydrogens is 434 g/mol. The van der Waals surface area contributed by atoms with Crippen molar-refractivity contribution >= 4 is 33.9 Å². The van der Waals surface area contributed by atoms with E-state index in [-0.39, 0.29) is 21.2 Å². The predicted molar refractivity (Wildman–Crippen MR) is 134 cm³/mol. The van der Waals surface area contributed by atoms with Crippen LogP contribution in [0.25, 0.3) is 11.1 Å². The Morgan fingerprint density at radius 2 is 1.44 bits per heavy atom. The lowest BCUT2D eigenvalue weighted by atomic mass is 9.93. The average molecular weight is 461 g/mol. The van der Waals surface area contributed by atoms with E-state index in [1.807, 2.05) is 43.3 Å². The molecule has 0 saturated heterocycles. The maximum Gasteiger partial charge on any atom is 0.340 e. The van der Waals surface area contributed by atoms with Gasteiger partial charge in [-0.2, -0.15) is 0 Å². The van der Waals surface area contributed by atoms with Gasteiger partial charge in [0.2, 0.25) is 0 Å². The van der Waals surface area contributed by atoms with Gasteiger partial charge in [-0.25, -0.2) is 4.58 Å². The van der Waals surface area contributed by atoms with Crippen molar-refractivity contribution in [3.63, 3.8) is 0 Å². The third-order valence-electron chi connectivity index (χ3n) is 6.09. The standard InChI is InChI=1S/C25H26N5O4/c1-26(2)16-9-7-15(8-10-16)25-19-13-23(29(31)32)21(27(3)4)11-17(19)18-12-22(28(5)6)24(30(33)34)14-20(18)25/h7-14H,1-6H3/q+1. The van der Waals surface area contributed by atoms with Crippen molar-refractivity contribution in [1.82, 2.24) is 0 Å². The summed E-state index contributed by atoms with van der Waals surface area (Å²) in [6, 6.07) is 11.2. The molecule has 0 atom stereocenters. The molecule has 0 heterocycles. The normalized spacial score (nSPS) is 14.2. The molecule has 2 aromatic carbocycles. The Hall–Kier alpha value is -4.27. The monoisotopic (exact) mass is 460 g/mol. The van der Waals surface area contributed by atoms with Crippen molar-refractivity contribution in [3.05, 3.63) is 96.7 Å². The van der Waals surface area contributed by atoms with E-state index in [9.17, 15) is 20.2 Å². The highest BCUT2D eigenvalue weighted by Crippen LogP contribution is 2.50. The van der Waals surface area contributed by atoms with Crippen molar-refractivity contribution in [1.29, 1.82) is 0 Å². The molecule has 0 fully saturated rings. The smallest absolute Gasteiger partial charge is 0.340 e. The van der Waals surface area contributed by atoms with E-state index in [2.05, 4.69) is 0 Å². The van der Waals surface area contributed by atoms with E-state index < -0.39 is 0 Å². The van der Waals surface area contributed by atoms with Crippen LogP contribution in [0.4, 0.5) is 17.1 Å². The predicted octanol–water partition coefficient (Wildman–Crippen LogP) is 3.81. The van der Waals surface area contributed by atoms with Gasteiger partial charge in [0.05, 0.1) is 9.85 Å². The van der Waals surface area contributed by atoms with Crippen molar-refractivity contribution in [3.8, 4) is 0 Å². The number of hydrogen-bond acceptors (Lipinski definition) is 6. The van der Waals surface area contributed by atoms with Crippen LogP contribution in [-0.4, -0.2) is 62.4 Å². The second-order valence-electron chi connectivity index (χ2n) is 8.89. The van der Waals surface area contributed by atoms with Crippen molar-refractivity contribution in [2.75, 3.05) is 52.1 Å². The van der Waals surface area contributed by atoms with Gasteiger partial charge in [0.25, 0.3) is 11.4 Å².